The van der Waals surface area contributed by atoms with Crippen LogP contribution in [0.3, 0.4) is 0 Å². The lowest BCUT2D eigenvalue weighted by Crippen LogP contribution is -2.43. The molecule has 3 aliphatic rings. The van der Waals surface area contributed by atoms with Gasteiger partial charge in [-0.15, -0.1) is 0 Å². The van der Waals surface area contributed by atoms with Gasteiger partial charge in [0.25, 0.3) is 0 Å². The van der Waals surface area contributed by atoms with Crippen molar-refractivity contribution in [3.8, 4) is 6.19 Å². The average molecular weight is 308 g/mol. The Morgan fingerprint density at radius 2 is 2.30 bits per heavy atom. The average Bonchev–Trinajstić information content (AvgIpc) is 3.15. The van der Waals surface area contributed by atoms with Crippen LogP contribution in [-0.2, 0) is 11.2 Å². The minimum Gasteiger partial charge on any atom is -0.373 e. The summed E-state index contributed by atoms with van der Waals surface area (Å²) in [6.07, 6.45) is 8.99. The van der Waals surface area contributed by atoms with Gasteiger partial charge < -0.3 is 15.1 Å². The molecule has 23 heavy (non-hydrogen) atoms. The van der Waals surface area contributed by atoms with Crippen LogP contribution in [0, 0.1) is 16.9 Å². The number of hydrogen-bond acceptors (Lipinski definition) is 4. The lowest BCUT2D eigenvalue weighted by molar-refractivity contribution is -0.125. The number of nitrogens with zero attached hydrogens (tertiary/aromatic N) is 3. The first-order chi connectivity index (χ1) is 11.1. The van der Waals surface area contributed by atoms with Crippen molar-refractivity contribution in [2.24, 2.45) is 5.41 Å². The molecule has 0 radical (unpaired) electrons. The second-order valence-corrected chi connectivity index (χ2v) is 6.90. The topological polar surface area (TPSA) is 59.4 Å². The highest BCUT2D eigenvalue weighted by Gasteiger charge is 2.47. The number of nitriles is 1. The van der Waals surface area contributed by atoms with Crippen molar-refractivity contribution in [1.29, 1.82) is 5.26 Å². The minimum absolute atomic E-state index is 0.0650. The molecule has 2 atom stereocenters. The molecule has 118 valence electrons. The summed E-state index contributed by atoms with van der Waals surface area (Å²) in [5, 5.41) is 12.2. The highest BCUT2D eigenvalue weighted by Crippen LogP contribution is 2.42. The third kappa shape index (κ3) is 2.17. The van der Waals surface area contributed by atoms with E-state index in [0.717, 1.165) is 24.9 Å². The van der Waals surface area contributed by atoms with Crippen molar-refractivity contribution in [2.75, 3.05) is 25.5 Å². The molecule has 1 aromatic rings. The Bertz CT molecular complexity index is 735. The second-order valence-electron chi connectivity index (χ2n) is 6.90. The lowest BCUT2D eigenvalue weighted by atomic mass is 9.76. The zero-order valence-electron chi connectivity index (χ0n) is 13.2. The van der Waals surface area contributed by atoms with E-state index in [1.165, 1.54) is 11.1 Å². The van der Waals surface area contributed by atoms with Crippen LogP contribution in [0.15, 0.2) is 30.5 Å². The van der Waals surface area contributed by atoms with Crippen LogP contribution in [0.4, 0.5) is 5.69 Å². The molecule has 1 aromatic carbocycles. The van der Waals surface area contributed by atoms with E-state index < -0.39 is 5.41 Å². The molecule has 3 aliphatic heterocycles. The molecule has 0 bridgehead atoms. The maximum atomic E-state index is 12.6. The molecule has 0 aromatic heterocycles. The van der Waals surface area contributed by atoms with E-state index in [4.69, 9.17) is 5.26 Å². The van der Waals surface area contributed by atoms with E-state index in [0.29, 0.717) is 19.1 Å². The van der Waals surface area contributed by atoms with Crippen molar-refractivity contribution < 1.29 is 4.79 Å². The number of amides is 1. The molecule has 0 aliphatic carbocycles. The van der Waals surface area contributed by atoms with Gasteiger partial charge in [-0.25, -0.2) is 0 Å². The molecule has 3 heterocycles. The van der Waals surface area contributed by atoms with Crippen LogP contribution in [0.5, 0.6) is 0 Å². The normalized spacial score (nSPS) is 28.9. The minimum atomic E-state index is -0.443. The molecular weight excluding hydrogens is 288 g/mol. The molecule has 4 rings (SSSR count). The highest BCUT2D eigenvalue weighted by atomic mass is 16.2. The lowest BCUT2D eigenvalue weighted by Gasteiger charge is -2.34. The van der Waals surface area contributed by atoms with Crippen molar-refractivity contribution in [2.45, 2.75) is 25.3 Å². The third-order valence-electron chi connectivity index (χ3n) is 5.46. The van der Waals surface area contributed by atoms with E-state index in [9.17, 15) is 4.79 Å². The summed E-state index contributed by atoms with van der Waals surface area (Å²) in [6.45, 7) is 1.21. The van der Waals surface area contributed by atoms with E-state index in [1.54, 1.807) is 4.90 Å². The Kier molecular flexibility index (Phi) is 3.08. The van der Waals surface area contributed by atoms with Gasteiger partial charge in [-0.3, -0.25) is 4.79 Å². The number of nitrogens with one attached hydrogen (secondary N) is 1. The Labute approximate surface area is 136 Å². The first-order valence-electron chi connectivity index (χ1n) is 8.09. The van der Waals surface area contributed by atoms with Crippen LogP contribution < -0.4 is 5.32 Å². The molecule has 5 heteroatoms. The Hall–Kier alpha value is -2.48. The summed E-state index contributed by atoms with van der Waals surface area (Å²) in [6, 6.07) is 6.76. The van der Waals surface area contributed by atoms with Crippen LogP contribution in [0.25, 0.3) is 0 Å². The van der Waals surface area contributed by atoms with E-state index in [-0.39, 0.29) is 5.91 Å². The molecule has 1 amide bonds. The Balaban J connectivity index is 1.65. The fourth-order valence-electron chi connectivity index (χ4n) is 4.07. The van der Waals surface area contributed by atoms with Gasteiger partial charge in [-0.2, -0.15) is 5.26 Å². The van der Waals surface area contributed by atoms with Gasteiger partial charge in [0.15, 0.2) is 6.19 Å². The van der Waals surface area contributed by atoms with Crippen molar-refractivity contribution in [3.05, 3.63) is 41.6 Å². The smallest absolute Gasteiger partial charge is 0.232 e. The van der Waals surface area contributed by atoms with E-state index in [1.807, 2.05) is 6.07 Å². The summed E-state index contributed by atoms with van der Waals surface area (Å²) in [7, 11) is 2.10. The largest absolute Gasteiger partial charge is 0.373 e. The molecule has 1 spiro atoms. The number of likely N-dealkylation sites (tertiary alicyclic amines) is 1. The van der Waals surface area contributed by atoms with Crippen LogP contribution in [0.1, 0.15) is 30.0 Å². The quantitative estimate of drug-likeness (QED) is 0.808. The first-order valence-corrected chi connectivity index (χ1v) is 8.09. The summed E-state index contributed by atoms with van der Waals surface area (Å²) >= 11 is 0. The van der Waals surface area contributed by atoms with E-state index >= 15 is 0 Å². The van der Waals surface area contributed by atoms with Gasteiger partial charge in [0.2, 0.25) is 5.91 Å². The maximum absolute atomic E-state index is 12.6. The first kappa shape index (κ1) is 14.1. The molecule has 0 saturated carbocycles. The van der Waals surface area contributed by atoms with Crippen molar-refractivity contribution >= 4 is 11.6 Å². The van der Waals surface area contributed by atoms with Gasteiger partial charge >= 0.3 is 0 Å². The maximum Gasteiger partial charge on any atom is 0.232 e. The predicted molar refractivity (Wildman–Crippen MR) is 87.3 cm³/mol. The fraction of sp³-hybridized carbons (Fsp3) is 0.444. The monoisotopic (exact) mass is 308 g/mol. The van der Waals surface area contributed by atoms with Gasteiger partial charge in [0, 0.05) is 25.8 Å². The fourth-order valence-corrected chi connectivity index (χ4v) is 4.07. The number of benzene rings is 1. The SMILES string of the molecule is CN1C=CCC1c1ccc2c(c1)CC1(CCN(C#N)C1)C(=O)N2. The second kappa shape index (κ2) is 5.02. The molecule has 5 nitrogen and oxygen atoms in total. The molecule has 2 unspecified atom stereocenters. The number of rotatable bonds is 1. The predicted octanol–water partition coefficient (Wildman–Crippen LogP) is 2.24. The highest BCUT2D eigenvalue weighted by molar-refractivity contribution is 5.99. The number of hydrogen-bond donors (Lipinski definition) is 1. The van der Waals surface area contributed by atoms with Crippen molar-refractivity contribution in [3.63, 3.8) is 0 Å². The number of carbonyl (C=O) groups is 1. The van der Waals surface area contributed by atoms with Crippen LogP contribution >= 0.6 is 0 Å². The van der Waals surface area contributed by atoms with Crippen LogP contribution in [0.2, 0.25) is 0 Å². The molecule has 1 N–H and O–H groups in total. The number of fused-ring (bicyclic) bond motifs is 1. The van der Waals surface area contributed by atoms with E-state index in [2.05, 4.69) is 47.9 Å². The number of anilines is 1. The van der Waals surface area contributed by atoms with Crippen molar-refractivity contribution in [1.82, 2.24) is 9.80 Å². The zero-order chi connectivity index (χ0) is 16.0. The van der Waals surface area contributed by atoms with Gasteiger partial charge in [-0.1, -0.05) is 18.2 Å². The standard InChI is InChI=1S/C18H20N4O/c1-21-7-2-3-16(21)13-4-5-15-14(9-13)10-18(17(23)20-15)6-8-22(11-18)12-19/h2,4-5,7,9,16H,3,6,8,10-11H2,1H3,(H,20,23). The Morgan fingerprint density at radius 1 is 1.43 bits per heavy atom. The van der Waals surface area contributed by atoms with Gasteiger partial charge in [0.05, 0.1) is 11.5 Å². The summed E-state index contributed by atoms with van der Waals surface area (Å²) in [4.78, 5) is 16.5. The summed E-state index contributed by atoms with van der Waals surface area (Å²) in [5.74, 6) is 0.0650. The number of carbonyl (C=O) groups excluding carboxylic acids is 1. The molecule has 1 fully saturated rings. The molecule has 1 saturated heterocycles. The summed E-state index contributed by atoms with van der Waals surface area (Å²) in [5.41, 5.74) is 2.97. The third-order valence-corrected chi connectivity index (χ3v) is 5.46. The van der Waals surface area contributed by atoms with Crippen LogP contribution in [-0.4, -0.2) is 35.8 Å². The molecular formula is C18H20N4O. The summed E-state index contributed by atoms with van der Waals surface area (Å²) < 4.78 is 0. The zero-order valence-corrected chi connectivity index (χ0v) is 13.2. The van der Waals surface area contributed by atoms with Gasteiger partial charge in [0.1, 0.15) is 0 Å². The van der Waals surface area contributed by atoms with Gasteiger partial charge in [-0.05, 0) is 42.7 Å². The Morgan fingerprint density at radius 3 is 3.00 bits per heavy atom.